The van der Waals surface area contributed by atoms with Crippen molar-refractivity contribution in [2.75, 3.05) is 18.1 Å². The van der Waals surface area contributed by atoms with E-state index in [1.54, 1.807) is 0 Å². The van der Waals surface area contributed by atoms with Crippen LogP contribution in [0, 0.1) is 0 Å². The fourth-order valence-electron chi connectivity index (χ4n) is 3.20. The van der Waals surface area contributed by atoms with Gasteiger partial charge in [0.2, 0.25) is 0 Å². The van der Waals surface area contributed by atoms with Crippen molar-refractivity contribution in [1.82, 2.24) is 4.90 Å². The molecule has 2 aliphatic rings. The molecule has 5 heteroatoms. The van der Waals surface area contributed by atoms with Crippen molar-refractivity contribution in [2.24, 2.45) is 5.73 Å². The quantitative estimate of drug-likeness (QED) is 0.782. The highest BCUT2D eigenvalue weighted by molar-refractivity contribution is 7.91. The summed E-state index contributed by atoms with van der Waals surface area (Å²) in [5.74, 6) is 0.430. The van der Waals surface area contributed by atoms with Crippen LogP contribution < -0.4 is 5.73 Å². The zero-order valence-corrected chi connectivity index (χ0v) is 10.7. The third-order valence-corrected chi connectivity index (χ3v) is 5.69. The van der Waals surface area contributed by atoms with Crippen LogP contribution in [0.15, 0.2) is 0 Å². The lowest BCUT2D eigenvalue weighted by Crippen LogP contribution is -2.50. The van der Waals surface area contributed by atoms with E-state index in [4.69, 9.17) is 5.73 Å². The third-order valence-electron chi connectivity index (χ3n) is 3.95. The third kappa shape index (κ3) is 2.41. The Morgan fingerprint density at radius 2 is 1.88 bits per heavy atom. The van der Waals surface area contributed by atoms with Gasteiger partial charge in [-0.05, 0) is 19.4 Å². The van der Waals surface area contributed by atoms with E-state index in [0.717, 1.165) is 6.54 Å². The molecule has 0 spiro atoms. The summed E-state index contributed by atoms with van der Waals surface area (Å²) in [7, 11) is -2.90. The lowest BCUT2D eigenvalue weighted by molar-refractivity contribution is 0.146. The molecule has 1 aliphatic carbocycles. The van der Waals surface area contributed by atoms with E-state index in [2.05, 4.69) is 11.8 Å². The Labute approximate surface area is 98.1 Å². The van der Waals surface area contributed by atoms with Crippen LogP contribution >= 0.6 is 0 Å². The first-order chi connectivity index (χ1) is 7.53. The summed E-state index contributed by atoms with van der Waals surface area (Å²) in [4.78, 5) is 2.34. The van der Waals surface area contributed by atoms with Crippen molar-refractivity contribution >= 4 is 9.84 Å². The molecule has 0 bridgehead atoms. The second-order valence-corrected chi connectivity index (χ2v) is 7.23. The SMILES string of the molecule is CCN(C1CCCC1)C1CS(=O)(=O)CC1N. The molecule has 1 heterocycles. The van der Waals surface area contributed by atoms with Gasteiger partial charge in [0, 0.05) is 18.1 Å². The van der Waals surface area contributed by atoms with Crippen molar-refractivity contribution in [1.29, 1.82) is 0 Å². The van der Waals surface area contributed by atoms with E-state index in [0.29, 0.717) is 6.04 Å². The monoisotopic (exact) mass is 246 g/mol. The van der Waals surface area contributed by atoms with Gasteiger partial charge in [-0.1, -0.05) is 19.8 Å². The van der Waals surface area contributed by atoms with Crippen LogP contribution in [0.2, 0.25) is 0 Å². The van der Waals surface area contributed by atoms with Gasteiger partial charge in [0.05, 0.1) is 11.5 Å². The minimum absolute atomic E-state index is 0.0538. The lowest BCUT2D eigenvalue weighted by Gasteiger charge is -2.34. The summed E-state index contributed by atoms with van der Waals surface area (Å²) < 4.78 is 23.2. The van der Waals surface area contributed by atoms with Gasteiger partial charge >= 0.3 is 0 Å². The summed E-state index contributed by atoms with van der Waals surface area (Å²) in [6.07, 6.45) is 4.96. The standard InChI is InChI=1S/C11H22N2O2S/c1-2-13(9-5-3-4-6-9)11-8-16(14,15)7-10(11)12/h9-11H,2-8,12H2,1H3. The van der Waals surface area contributed by atoms with Crippen molar-refractivity contribution in [2.45, 2.75) is 50.7 Å². The van der Waals surface area contributed by atoms with Gasteiger partial charge in [-0.15, -0.1) is 0 Å². The van der Waals surface area contributed by atoms with Crippen molar-refractivity contribution < 1.29 is 8.42 Å². The van der Waals surface area contributed by atoms with Gasteiger partial charge in [-0.25, -0.2) is 8.42 Å². The molecule has 2 atom stereocenters. The fourth-order valence-corrected chi connectivity index (χ4v) is 5.10. The maximum atomic E-state index is 11.6. The highest BCUT2D eigenvalue weighted by Crippen LogP contribution is 2.28. The van der Waals surface area contributed by atoms with Crippen molar-refractivity contribution in [3.05, 3.63) is 0 Å². The average molecular weight is 246 g/mol. The minimum atomic E-state index is -2.90. The molecule has 1 saturated heterocycles. The van der Waals surface area contributed by atoms with Gasteiger partial charge in [-0.2, -0.15) is 0 Å². The molecule has 0 radical (unpaired) electrons. The zero-order chi connectivity index (χ0) is 11.8. The van der Waals surface area contributed by atoms with E-state index in [1.807, 2.05) is 0 Å². The molecule has 2 rings (SSSR count). The number of likely N-dealkylation sites (N-methyl/N-ethyl adjacent to an activating group) is 1. The Bertz CT molecular complexity index is 336. The number of nitrogens with zero attached hydrogens (tertiary/aromatic N) is 1. The Hall–Kier alpha value is -0.130. The van der Waals surface area contributed by atoms with Gasteiger partial charge in [-0.3, -0.25) is 4.90 Å². The Morgan fingerprint density at radius 1 is 1.25 bits per heavy atom. The fraction of sp³-hybridized carbons (Fsp3) is 1.00. The number of hydrogen-bond donors (Lipinski definition) is 1. The van der Waals surface area contributed by atoms with E-state index in [9.17, 15) is 8.42 Å². The zero-order valence-electron chi connectivity index (χ0n) is 9.93. The minimum Gasteiger partial charge on any atom is -0.325 e. The summed E-state index contributed by atoms with van der Waals surface area (Å²) in [5.41, 5.74) is 5.98. The summed E-state index contributed by atoms with van der Waals surface area (Å²) in [6.45, 7) is 3.02. The van der Waals surface area contributed by atoms with Crippen molar-refractivity contribution in [3.63, 3.8) is 0 Å². The Morgan fingerprint density at radius 3 is 2.31 bits per heavy atom. The van der Waals surface area contributed by atoms with Gasteiger partial charge in [0.1, 0.15) is 0 Å². The molecular weight excluding hydrogens is 224 g/mol. The second-order valence-electron chi connectivity index (χ2n) is 5.08. The molecule has 1 saturated carbocycles. The summed E-state index contributed by atoms with van der Waals surface area (Å²) in [5, 5.41) is 0. The Balaban J connectivity index is 2.09. The van der Waals surface area contributed by atoms with E-state index in [-0.39, 0.29) is 23.6 Å². The molecule has 0 amide bonds. The predicted octanol–water partition coefficient (Wildman–Crippen LogP) is 0.375. The maximum absolute atomic E-state index is 11.6. The van der Waals surface area contributed by atoms with Gasteiger partial charge in [0.15, 0.2) is 9.84 Å². The molecule has 2 fully saturated rings. The van der Waals surface area contributed by atoms with E-state index < -0.39 is 9.84 Å². The predicted molar refractivity (Wildman–Crippen MR) is 65.1 cm³/mol. The molecule has 1 aliphatic heterocycles. The molecule has 4 nitrogen and oxygen atoms in total. The molecule has 2 N–H and O–H groups in total. The average Bonchev–Trinajstić information content (AvgIpc) is 2.77. The van der Waals surface area contributed by atoms with Crippen molar-refractivity contribution in [3.8, 4) is 0 Å². The largest absolute Gasteiger partial charge is 0.325 e. The van der Waals surface area contributed by atoms with Gasteiger partial charge in [0.25, 0.3) is 0 Å². The summed E-state index contributed by atoms with van der Waals surface area (Å²) in [6, 6.07) is 0.429. The highest BCUT2D eigenvalue weighted by Gasteiger charge is 2.40. The first-order valence-electron chi connectivity index (χ1n) is 6.25. The first kappa shape index (κ1) is 12.3. The van der Waals surface area contributed by atoms with Crippen LogP contribution in [0.25, 0.3) is 0 Å². The van der Waals surface area contributed by atoms with Crippen LogP contribution in [-0.4, -0.2) is 49.5 Å². The summed E-state index contributed by atoms with van der Waals surface area (Å²) >= 11 is 0. The molecule has 2 unspecified atom stereocenters. The second kappa shape index (κ2) is 4.63. The Kier molecular flexibility index (Phi) is 3.56. The van der Waals surface area contributed by atoms with Crippen LogP contribution in [0.1, 0.15) is 32.6 Å². The molecule has 0 aromatic heterocycles. The van der Waals surface area contributed by atoms with E-state index in [1.165, 1.54) is 25.7 Å². The van der Waals surface area contributed by atoms with Crippen LogP contribution in [0.3, 0.4) is 0 Å². The number of nitrogens with two attached hydrogens (primary N) is 1. The first-order valence-corrected chi connectivity index (χ1v) is 8.07. The smallest absolute Gasteiger partial charge is 0.153 e. The lowest BCUT2D eigenvalue weighted by atomic mass is 10.1. The van der Waals surface area contributed by atoms with Crippen LogP contribution in [0.4, 0.5) is 0 Å². The van der Waals surface area contributed by atoms with Crippen LogP contribution in [0.5, 0.6) is 0 Å². The number of hydrogen-bond acceptors (Lipinski definition) is 4. The number of sulfone groups is 1. The maximum Gasteiger partial charge on any atom is 0.153 e. The molecule has 16 heavy (non-hydrogen) atoms. The normalized spacial score (nSPS) is 34.9. The molecule has 0 aromatic rings. The topological polar surface area (TPSA) is 63.4 Å². The molecular formula is C11H22N2O2S. The van der Waals surface area contributed by atoms with Gasteiger partial charge < -0.3 is 5.73 Å². The van der Waals surface area contributed by atoms with Crippen LogP contribution in [-0.2, 0) is 9.84 Å². The van der Waals surface area contributed by atoms with E-state index >= 15 is 0 Å². The highest BCUT2D eigenvalue weighted by atomic mass is 32.2. The number of rotatable bonds is 3. The molecule has 94 valence electrons. The molecule has 0 aromatic carbocycles.